The number of hydrogen-bond acceptors (Lipinski definition) is 4. The largest absolute Gasteiger partial charge is 0.365 e. The number of halogens is 1. The van der Waals surface area contributed by atoms with E-state index in [-0.39, 0.29) is 42.6 Å². The van der Waals surface area contributed by atoms with Crippen LogP contribution < -0.4 is 5.32 Å². The van der Waals surface area contributed by atoms with Gasteiger partial charge >= 0.3 is 0 Å². The number of morpholine rings is 1. The Morgan fingerprint density at radius 2 is 2.05 bits per heavy atom. The number of carbonyl (C=O) groups is 1. The third kappa shape index (κ3) is 2.19. The van der Waals surface area contributed by atoms with E-state index >= 15 is 0 Å². The highest BCUT2D eigenvalue weighted by Gasteiger charge is 2.43. The fourth-order valence-corrected chi connectivity index (χ4v) is 4.01. The Morgan fingerprint density at radius 1 is 1.30 bits per heavy atom. The van der Waals surface area contributed by atoms with E-state index in [0.717, 1.165) is 10.4 Å². The van der Waals surface area contributed by atoms with Gasteiger partial charge in [0.25, 0.3) is 0 Å². The first-order valence-electron chi connectivity index (χ1n) is 6.14. The average molecular weight is 300 g/mol. The first kappa shape index (κ1) is 13.5. The zero-order chi connectivity index (χ0) is 14.3. The number of nitrogens with one attached hydrogen (secondary N) is 1. The molecule has 1 amide bonds. The standard InChI is InChI=1S/C12H13FN2O4S/c13-8-3-1-2-4-11(8)20(17,18)15-5-9-10(6-15)19-7-12(16)14-9/h1-4,9-10H,5-7H2,(H,14,16)/t9-,10-/m1/s1. The van der Waals surface area contributed by atoms with Gasteiger partial charge in [-0.2, -0.15) is 4.31 Å². The molecule has 3 rings (SSSR count). The summed E-state index contributed by atoms with van der Waals surface area (Å²) in [7, 11) is -3.92. The van der Waals surface area contributed by atoms with Crippen molar-refractivity contribution < 1.29 is 22.3 Å². The van der Waals surface area contributed by atoms with E-state index in [4.69, 9.17) is 4.74 Å². The molecule has 0 spiro atoms. The molecule has 1 N–H and O–H groups in total. The van der Waals surface area contributed by atoms with Crippen LogP contribution in [0.4, 0.5) is 4.39 Å². The summed E-state index contributed by atoms with van der Waals surface area (Å²) >= 11 is 0. The van der Waals surface area contributed by atoms with Crippen LogP contribution >= 0.6 is 0 Å². The average Bonchev–Trinajstić information content (AvgIpc) is 2.82. The number of rotatable bonds is 2. The van der Waals surface area contributed by atoms with Crippen molar-refractivity contribution in [1.82, 2.24) is 9.62 Å². The molecule has 6 nitrogen and oxygen atoms in total. The molecule has 20 heavy (non-hydrogen) atoms. The summed E-state index contributed by atoms with van der Waals surface area (Å²) in [6.45, 7) is 0.128. The van der Waals surface area contributed by atoms with E-state index in [1.54, 1.807) is 0 Å². The molecule has 2 heterocycles. The van der Waals surface area contributed by atoms with Crippen LogP contribution in [0.1, 0.15) is 0 Å². The van der Waals surface area contributed by atoms with E-state index in [1.807, 2.05) is 0 Å². The summed E-state index contributed by atoms with van der Waals surface area (Å²) in [4.78, 5) is 10.9. The SMILES string of the molecule is O=C1CO[C@@H]2CN(S(=O)(=O)c3ccccc3F)C[C@H]2N1. The van der Waals surface area contributed by atoms with Crippen LogP contribution in [0.2, 0.25) is 0 Å². The molecule has 0 radical (unpaired) electrons. The lowest BCUT2D eigenvalue weighted by Crippen LogP contribution is -2.50. The molecule has 2 fully saturated rings. The second kappa shape index (κ2) is 4.80. The zero-order valence-corrected chi connectivity index (χ0v) is 11.3. The molecule has 2 saturated heterocycles. The highest BCUT2D eigenvalue weighted by Crippen LogP contribution is 2.25. The van der Waals surface area contributed by atoms with Gasteiger partial charge < -0.3 is 10.1 Å². The Labute approximate surface area is 115 Å². The number of amides is 1. The first-order valence-corrected chi connectivity index (χ1v) is 7.58. The summed E-state index contributed by atoms with van der Waals surface area (Å²) in [5.74, 6) is -1.05. The topological polar surface area (TPSA) is 75.7 Å². The van der Waals surface area contributed by atoms with Crippen molar-refractivity contribution in [1.29, 1.82) is 0 Å². The molecular weight excluding hydrogens is 287 g/mol. The lowest BCUT2D eigenvalue weighted by Gasteiger charge is -2.24. The highest BCUT2D eigenvalue weighted by molar-refractivity contribution is 7.89. The lowest BCUT2D eigenvalue weighted by atomic mass is 10.2. The molecule has 1 aromatic carbocycles. The van der Waals surface area contributed by atoms with Gasteiger partial charge in [0.15, 0.2) is 0 Å². The van der Waals surface area contributed by atoms with Crippen LogP contribution in [0.25, 0.3) is 0 Å². The number of carbonyl (C=O) groups excluding carboxylic acids is 1. The van der Waals surface area contributed by atoms with Crippen LogP contribution in [-0.2, 0) is 19.6 Å². The fourth-order valence-electron chi connectivity index (χ4n) is 2.47. The van der Waals surface area contributed by atoms with Crippen LogP contribution in [0.5, 0.6) is 0 Å². The van der Waals surface area contributed by atoms with Gasteiger partial charge in [0, 0.05) is 13.1 Å². The van der Waals surface area contributed by atoms with Crippen molar-refractivity contribution in [3.8, 4) is 0 Å². The second-order valence-corrected chi connectivity index (χ2v) is 6.68. The Bertz CT molecular complexity index is 649. The first-order chi connectivity index (χ1) is 9.48. The quantitative estimate of drug-likeness (QED) is 0.814. The summed E-state index contributed by atoms with van der Waals surface area (Å²) in [5.41, 5.74) is 0. The molecule has 0 bridgehead atoms. The fraction of sp³-hybridized carbons (Fsp3) is 0.417. The number of hydrogen-bond donors (Lipinski definition) is 1. The summed E-state index contributed by atoms with van der Waals surface area (Å²) in [5, 5.41) is 2.68. The molecule has 8 heteroatoms. The van der Waals surface area contributed by atoms with Gasteiger partial charge in [0.05, 0.1) is 12.1 Å². The number of sulfonamides is 1. The minimum atomic E-state index is -3.92. The van der Waals surface area contributed by atoms with Crippen molar-refractivity contribution in [2.24, 2.45) is 0 Å². The van der Waals surface area contributed by atoms with Gasteiger partial charge in [0.1, 0.15) is 17.3 Å². The molecule has 108 valence electrons. The Hall–Kier alpha value is -1.51. The summed E-state index contributed by atoms with van der Waals surface area (Å²) in [6, 6.07) is 4.86. The molecule has 0 aromatic heterocycles. The maximum atomic E-state index is 13.7. The molecule has 0 saturated carbocycles. The van der Waals surface area contributed by atoms with Crippen molar-refractivity contribution in [3.63, 3.8) is 0 Å². The minimum absolute atomic E-state index is 0.0747. The molecular formula is C12H13FN2O4S. The van der Waals surface area contributed by atoms with E-state index in [1.165, 1.54) is 18.2 Å². The van der Waals surface area contributed by atoms with Crippen molar-refractivity contribution in [3.05, 3.63) is 30.1 Å². The number of benzene rings is 1. The number of nitrogens with zero attached hydrogens (tertiary/aromatic N) is 1. The Balaban J connectivity index is 1.87. The van der Waals surface area contributed by atoms with Crippen molar-refractivity contribution in [2.75, 3.05) is 19.7 Å². The van der Waals surface area contributed by atoms with E-state index in [0.29, 0.717) is 0 Å². The van der Waals surface area contributed by atoms with Gasteiger partial charge in [-0.1, -0.05) is 12.1 Å². The normalized spacial score (nSPS) is 27.1. The van der Waals surface area contributed by atoms with E-state index < -0.39 is 15.8 Å². The van der Waals surface area contributed by atoms with Gasteiger partial charge in [0.2, 0.25) is 15.9 Å². The van der Waals surface area contributed by atoms with Crippen LogP contribution in [0.15, 0.2) is 29.2 Å². The third-order valence-electron chi connectivity index (χ3n) is 3.46. The van der Waals surface area contributed by atoms with Gasteiger partial charge in [-0.3, -0.25) is 4.79 Å². The maximum Gasteiger partial charge on any atom is 0.246 e. The van der Waals surface area contributed by atoms with E-state index in [9.17, 15) is 17.6 Å². The third-order valence-corrected chi connectivity index (χ3v) is 5.33. The predicted molar refractivity (Wildman–Crippen MR) is 66.8 cm³/mol. The minimum Gasteiger partial charge on any atom is -0.365 e. The molecule has 2 aliphatic heterocycles. The monoisotopic (exact) mass is 300 g/mol. The molecule has 0 unspecified atom stereocenters. The van der Waals surface area contributed by atoms with Crippen LogP contribution in [0.3, 0.4) is 0 Å². The van der Waals surface area contributed by atoms with Gasteiger partial charge in [-0.25, -0.2) is 12.8 Å². The van der Waals surface area contributed by atoms with Crippen molar-refractivity contribution >= 4 is 15.9 Å². The summed E-state index contributed by atoms with van der Waals surface area (Å²) < 4.78 is 44.9. The number of ether oxygens (including phenoxy) is 1. The smallest absolute Gasteiger partial charge is 0.246 e. The van der Waals surface area contributed by atoms with Crippen LogP contribution in [0, 0.1) is 5.82 Å². The lowest BCUT2D eigenvalue weighted by molar-refractivity contribution is -0.134. The summed E-state index contributed by atoms with van der Waals surface area (Å²) in [6.07, 6.45) is -0.380. The second-order valence-electron chi connectivity index (χ2n) is 4.78. The Morgan fingerprint density at radius 3 is 2.80 bits per heavy atom. The highest BCUT2D eigenvalue weighted by atomic mass is 32.2. The maximum absolute atomic E-state index is 13.7. The molecule has 2 atom stereocenters. The zero-order valence-electron chi connectivity index (χ0n) is 10.5. The van der Waals surface area contributed by atoms with E-state index in [2.05, 4.69) is 5.32 Å². The van der Waals surface area contributed by atoms with Gasteiger partial charge in [-0.05, 0) is 12.1 Å². The molecule has 2 aliphatic rings. The number of fused-ring (bicyclic) bond motifs is 1. The molecule has 0 aliphatic carbocycles. The van der Waals surface area contributed by atoms with Gasteiger partial charge in [-0.15, -0.1) is 0 Å². The molecule has 1 aromatic rings. The Kier molecular flexibility index (Phi) is 3.23. The van der Waals surface area contributed by atoms with Crippen molar-refractivity contribution in [2.45, 2.75) is 17.0 Å². The predicted octanol–water partition coefficient (Wildman–Crippen LogP) is -0.286. The van der Waals surface area contributed by atoms with Crippen LogP contribution in [-0.4, -0.2) is 50.5 Å².